The second-order valence-electron chi connectivity index (χ2n) is 10.1. The summed E-state index contributed by atoms with van der Waals surface area (Å²) in [4.78, 5) is 23.0. The van der Waals surface area contributed by atoms with E-state index < -0.39 is 0 Å². The molecule has 0 bridgehead atoms. The fraction of sp³-hybridized carbons (Fsp3) is 0.312. The van der Waals surface area contributed by atoms with E-state index in [2.05, 4.69) is 51.7 Å². The Morgan fingerprint density at radius 1 is 0.842 bits per heavy atom. The maximum Gasteiger partial charge on any atom is 0.271 e. The zero-order chi connectivity index (χ0) is 26.5. The zero-order valence-electron chi connectivity index (χ0n) is 22.7. The van der Waals surface area contributed by atoms with E-state index >= 15 is 0 Å². The van der Waals surface area contributed by atoms with E-state index in [9.17, 15) is 4.79 Å². The molecule has 0 unspecified atom stereocenters. The molecule has 196 valence electrons. The van der Waals surface area contributed by atoms with Gasteiger partial charge in [0.1, 0.15) is 11.5 Å². The second-order valence-corrected chi connectivity index (χ2v) is 10.1. The lowest BCUT2D eigenvalue weighted by molar-refractivity contribution is 0.0946. The van der Waals surface area contributed by atoms with Gasteiger partial charge in [0.25, 0.3) is 5.91 Å². The van der Waals surface area contributed by atoms with Gasteiger partial charge in [-0.25, -0.2) is 4.98 Å². The first-order chi connectivity index (χ1) is 18.5. The quantitative estimate of drug-likeness (QED) is 0.324. The molecule has 3 aromatic carbocycles. The van der Waals surface area contributed by atoms with Crippen LogP contribution in [0.2, 0.25) is 0 Å². The summed E-state index contributed by atoms with van der Waals surface area (Å²) in [5.74, 6) is 0.662. The van der Waals surface area contributed by atoms with Crippen LogP contribution in [0.25, 0.3) is 17.1 Å². The minimum atomic E-state index is -0.117. The highest BCUT2D eigenvalue weighted by atomic mass is 16.1. The third kappa shape index (κ3) is 5.50. The van der Waals surface area contributed by atoms with Gasteiger partial charge in [0, 0.05) is 49.7 Å². The third-order valence-corrected chi connectivity index (χ3v) is 7.59. The molecule has 4 aromatic rings. The molecule has 1 saturated heterocycles. The third-order valence-electron chi connectivity index (χ3n) is 7.59. The van der Waals surface area contributed by atoms with E-state index in [0.29, 0.717) is 12.2 Å². The molecule has 0 spiro atoms. The van der Waals surface area contributed by atoms with Gasteiger partial charge in [0.2, 0.25) is 0 Å². The molecule has 6 nitrogen and oxygen atoms in total. The first-order valence-electron chi connectivity index (χ1n) is 13.5. The van der Waals surface area contributed by atoms with E-state index in [1.807, 2.05) is 67.6 Å². The van der Waals surface area contributed by atoms with Gasteiger partial charge in [-0.15, -0.1) is 0 Å². The number of hydrogen-bond donors (Lipinski definition) is 1. The second kappa shape index (κ2) is 11.7. The van der Waals surface area contributed by atoms with Gasteiger partial charge in [-0.05, 0) is 63.1 Å². The van der Waals surface area contributed by atoms with E-state index in [4.69, 9.17) is 4.98 Å². The van der Waals surface area contributed by atoms with E-state index in [1.54, 1.807) is 0 Å². The molecular formula is C32H37N5O. The van der Waals surface area contributed by atoms with Crippen molar-refractivity contribution in [2.24, 2.45) is 0 Å². The fourth-order valence-corrected chi connectivity index (χ4v) is 5.27. The number of carbonyl (C=O) groups is 1. The average molecular weight is 508 g/mol. The Kier molecular flexibility index (Phi) is 7.89. The molecule has 6 heteroatoms. The molecule has 5 rings (SSSR count). The van der Waals surface area contributed by atoms with Crippen LogP contribution in [0, 0.1) is 20.8 Å². The van der Waals surface area contributed by atoms with Gasteiger partial charge in [0.05, 0.1) is 5.69 Å². The number of anilines is 1. The molecule has 1 amide bonds. The summed E-state index contributed by atoms with van der Waals surface area (Å²) in [6.45, 7) is 12.1. The van der Waals surface area contributed by atoms with Crippen LogP contribution in [-0.4, -0.2) is 59.6 Å². The van der Waals surface area contributed by atoms with Crippen molar-refractivity contribution in [2.45, 2.75) is 27.2 Å². The Labute approximate surface area is 225 Å². The smallest absolute Gasteiger partial charge is 0.271 e. The molecule has 0 saturated carbocycles. The summed E-state index contributed by atoms with van der Waals surface area (Å²) in [6.07, 6.45) is 0.916. The molecule has 1 N–H and O–H groups in total. The summed E-state index contributed by atoms with van der Waals surface area (Å²) >= 11 is 0. The van der Waals surface area contributed by atoms with E-state index in [0.717, 1.165) is 61.9 Å². The van der Waals surface area contributed by atoms with Crippen molar-refractivity contribution in [2.75, 3.05) is 44.2 Å². The van der Waals surface area contributed by atoms with Crippen LogP contribution in [0.3, 0.4) is 0 Å². The number of rotatable bonds is 8. The first kappa shape index (κ1) is 25.7. The minimum Gasteiger partial charge on any atom is -0.369 e. The number of aryl methyl sites for hydroxylation is 1. The van der Waals surface area contributed by atoms with Crippen LogP contribution >= 0.6 is 0 Å². The van der Waals surface area contributed by atoms with E-state index in [-0.39, 0.29) is 5.91 Å². The Balaban J connectivity index is 1.18. The van der Waals surface area contributed by atoms with Crippen LogP contribution < -0.4 is 10.2 Å². The first-order valence-corrected chi connectivity index (χ1v) is 13.5. The molecule has 1 aliphatic heterocycles. The Hall–Kier alpha value is -3.90. The van der Waals surface area contributed by atoms with Gasteiger partial charge in [-0.3, -0.25) is 14.3 Å². The normalized spacial score (nSPS) is 14.0. The molecule has 0 aliphatic carbocycles. The number of nitrogens with one attached hydrogen (secondary N) is 1. The minimum absolute atomic E-state index is 0.117. The number of benzene rings is 3. The van der Waals surface area contributed by atoms with Crippen molar-refractivity contribution in [3.8, 4) is 17.1 Å². The number of imidazole rings is 1. The molecule has 0 atom stereocenters. The largest absolute Gasteiger partial charge is 0.369 e. The van der Waals surface area contributed by atoms with Crippen molar-refractivity contribution in [1.82, 2.24) is 19.8 Å². The summed E-state index contributed by atoms with van der Waals surface area (Å²) in [6, 6.07) is 26.7. The SMILES string of the molecule is Cc1cccc(N2CCN(CCCNC(=O)c3nc(-c4ccccc4)n(-c4ccccc4)c3C)CC2)c1C. The molecule has 0 radical (unpaired) electrons. The zero-order valence-corrected chi connectivity index (χ0v) is 22.7. The van der Waals surface area contributed by atoms with Gasteiger partial charge in [-0.2, -0.15) is 0 Å². The van der Waals surface area contributed by atoms with Gasteiger partial charge < -0.3 is 10.2 Å². The van der Waals surface area contributed by atoms with E-state index in [1.165, 1.54) is 16.8 Å². The summed E-state index contributed by atoms with van der Waals surface area (Å²) < 4.78 is 2.07. The predicted molar refractivity (Wildman–Crippen MR) is 155 cm³/mol. The molecular weight excluding hydrogens is 470 g/mol. The van der Waals surface area contributed by atoms with Gasteiger partial charge in [0.15, 0.2) is 0 Å². The number of piperazine rings is 1. The topological polar surface area (TPSA) is 53.4 Å². The number of amides is 1. The molecule has 1 fully saturated rings. The number of para-hydroxylation sites is 1. The fourth-order valence-electron chi connectivity index (χ4n) is 5.27. The van der Waals surface area contributed by atoms with Crippen LogP contribution in [0.1, 0.15) is 33.7 Å². The highest BCUT2D eigenvalue weighted by Crippen LogP contribution is 2.27. The van der Waals surface area contributed by atoms with Crippen molar-refractivity contribution in [1.29, 1.82) is 0 Å². The number of hydrogen-bond acceptors (Lipinski definition) is 4. The maximum absolute atomic E-state index is 13.2. The van der Waals surface area contributed by atoms with Crippen LogP contribution in [0.5, 0.6) is 0 Å². The van der Waals surface area contributed by atoms with Crippen LogP contribution in [0.15, 0.2) is 78.9 Å². The number of carbonyl (C=O) groups excluding carboxylic acids is 1. The molecule has 2 heterocycles. The summed E-state index contributed by atoms with van der Waals surface area (Å²) in [5.41, 5.74) is 7.39. The molecule has 38 heavy (non-hydrogen) atoms. The number of aromatic nitrogens is 2. The van der Waals surface area contributed by atoms with Crippen LogP contribution in [-0.2, 0) is 0 Å². The highest BCUT2D eigenvalue weighted by Gasteiger charge is 2.22. The standard InChI is InChI=1S/C32H37N5O/c1-24-12-10-17-29(25(24)2)36-22-20-35(21-23-36)19-11-18-33-32(38)30-26(3)37(28-15-8-5-9-16-28)31(34-30)27-13-6-4-7-14-27/h4-10,12-17H,11,18-23H2,1-3H3,(H,33,38). The summed E-state index contributed by atoms with van der Waals surface area (Å²) in [5, 5.41) is 3.12. The average Bonchev–Trinajstić information content (AvgIpc) is 3.31. The lowest BCUT2D eigenvalue weighted by Crippen LogP contribution is -2.47. The Bertz CT molecular complexity index is 1370. The maximum atomic E-state index is 13.2. The molecule has 1 aliphatic rings. The van der Waals surface area contributed by atoms with Crippen molar-refractivity contribution in [3.63, 3.8) is 0 Å². The van der Waals surface area contributed by atoms with Gasteiger partial charge >= 0.3 is 0 Å². The molecule has 1 aromatic heterocycles. The Morgan fingerprint density at radius 2 is 1.53 bits per heavy atom. The lowest BCUT2D eigenvalue weighted by Gasteiger charge is -2.37. The lowest BCUT2D eigenvalue weighted by atomic mass is 10.1. The summed E-state index contributed by atoms with van der Waals surface area (Å²) in [7, 11) is 0. The van der Waals surface area contributed by atoms with Crippen molar-refractivity contribution < 1.29 is 4.79 Å². The highest BCUT2D eigenvalue weighted by molar-refractivity contribution is 5.94. The monoisotopic (exact) mass is 507 g/mol. The van der Waals surface area contributed by atoms with Gasteiger partial charge in [-0.1, -0.05) is 60.7 Å². The van der Waals surface area contributed by atoms with Crippen LogP contribution in [0.4, 0.5) is 5.69 Å². The number of nitrogens with zero attached hydrogens (tertiary/aromatic N) is 4. The predicted octanol–water partition coefficient (Wildman–Crippen LogP) is 5.41. The van der Waals surface area contributed by atoms with Crippen molar-refractivity contribution in [3.05, 3.63) is 101 Å². The Morgan fingerprint density at radius 3 is 2.24 bits per heavy atom. The van der Waals surface area contributed by atoms with Crippen molar-refractivity contribution >= 4 is 11.6 Å².